The molecule has 0 bridgehead atoms. The van der Waals surface area contributed by atoms with Crippen LogP contribution in [0.1, 0.15) is 79.9 Å². The predicted octanol–water partition coefficient (Wildman–Crippen LogP) is 4.98. The summed E-state index contributed by atoms with van der Waals surface area (Å²) in [5.41, 5.74) is 3.66. The number of hydrogen-bond donors (Lipinski definition) is 4. The molecule has 0 fully saturated rings. The van der Waals surface area contributed by atoms with E-state index in [1.54, 1.807) is 11.8 Å². The minimum Gasteiger partial charge on any atom is -0.388 e. The van der Waals surface area contributed by atoms with Gasteiger partial charge in [-0.3, -0.25) is 9.59 Å². The Morgan fingerprint density at radius 2 is 2.03 bits per heavy atom. The molecule has 1 aromatic carbocycles. The zero-order valence-corrected chi connectivity index (χ0v) is 20.5. The van der Waals surface area contributed by atoms with Crippen molar-refractivity contribution < 1.29 is 14.7 Å². The number of fused-ring (bicyclic) bond motifs is 1. The van der Waals surface area contributed by atoms with Gasteiger partial charge in [-0.15, -0.1) is 11.8 Å². The lowest BCUT2D eigenvalue weighted by atomic mass is 9.75. The van der Waals surface area contributed by atoms with Crippen molar-refractivity contribution in [1.82, 2.24) is 10.3 Å². The van der Waals surface area contributed by atoms with E-state index in [2.05, 4.69) is 36.4 Å². The van der Waals surface area contributed by atoms with E-state index in [9.17, 15) is 14.7 Å². The number of aliphatic hydroxyl groups is 1. The first kappa shape index (κ1) is 24.4. The first-order chi connectivity index (χ1) is 15.2. The number of aromatic amines is 1. The number of carbonyl (C=O) groups excluding carboxylic acids is 2. The van der Waals surface area contributed by atoms with E-state index in [1.807, 2.05) is 37.4 Å². The Morgan fingerprint density at radius 3 is 2.72 bits per heavy atom. The second-order valence-corrected chi connectivity index (χ2v) is 10.3. The van der Waals surface area contributed by atoms with Crippen molar-refractivity contribution in [2.45, 2.75) is 76.8 Å². The van der Waals surface area contributed by atoms with Crippen LogP contribution < -0.4 is 10.6 Å². The van der Waals surface area contributed by atoms with Gasteiger partial charge >= 0.3 is 0 Å². The molecule has 4 N–H and O–H groups in total. The number of anilines is 1. The average Bonchev–Trinajstić information content (AvgIpc) is 3.06. The summed E-state index contributed by atoms with van der Waals surface area (Å²) in [4.78, 5) is 30.5. The number of aromatic nitrogens is 1. The molecule has 1 aliphatic carbocycles. The van der Waals surface area contributed by atoms with E-state index in [0.29, 0.717) is 18.5 Å². The molecular formula is C25H35N3O3S. The van der Waals surface area contributed by atoms with E-state index in [-0.39, 0.29) is 17.2 Å². The van der Waals surface area contributed by atoms with Gasteiger partial charge < -0.3 is 20.7 Å². The molecule has 2 aromatic rings. The van der Waals surface area contributed by atoms with Crippen LogP contribution in [-0.2, 0) is 11.2 Å². The van der Waals surface area contributed by atoms with Gasteiger partial charge in [0.25, 0.3) is 5.91 Å². The highest BCUT2D eigenvalue weighted by Gasteiger charge is 2.36. The van der Waals surface area contributed by atoms with Gasteiger partial charge in [0.15, 0.2) is 0 Å². The molecule has 32 heavy (non-hydrogen) atoms. The summed E-state index contributed by atoms with van der Waals surface area (Å²) in [6, 6.07) is 7.00. The Balaban J connectivity index is 1.80. The summed E-state index contributed by atoms with van der Waals surface area (Å²) < 4.78 is 0. The quantitative estimate of drug-likeness (QED) is 0.421. The number of amides is 2. The number of carbonyl (C=O) groups is 2. The summed E-state index contributed by atoms with van der Waals surface area (Å²) in [5, 5.41) is 16.6. The molecule has 1 aliphatic rings. The largest absolute Gasteiger partial charge is 0.388 e. The summed E-state index contributed by atoms with van der Waals surface area (Å²) >= 11 is 1.56. The fourth-order valence-electron chi connectivity index (χ4n) is 4.54. The molecule has 7 heteroatoms. The van der Waals surface area contributed by atoms with Crippen LogP contribution in [0.15, 0.2) is 29.2 Å². The SMILES string of the molecule is CCCCC(NC(=O)c1[nH]c2c(c1C)C(O)CC(C)(C)C2)C(=O)Nc1ccccc1SC. The molecule has 0 spiro atoms. The summed E-state index contributed by atoms with van der Waals surface area (Å²) in [7, 11) is 0. The zero-order valence-electron chi connectivity index (χ0n) is 19.7. The summed E-state index contributed by atoms with van der Waals surface area (Å²) in [6.45, 7) is 8.16. The smallest absolute Gasteiger partial charge is 0.268 e. The Labute approximate surface area is 195 Å². The van der Waals surface area contributed by atoms with Crippen LogP contribution in [0, 0.1) is 12.3 Å². The molecule has 1 heterocycles. The van der Waals surface area contributed by atoms with E-state index in [0.717, 1.165) is 46.7 Å². The Bertz CT molecular complexity index is 983. The Kier molecular flexibility index (Phi) is 7.72. The Morgan fingerprint density at radius 1 is 1.31 bits per heavy atom. The van der Waals surface area contributed by atoms with E-state index in [1.165, 1.54) is 0 Å². The average molecular weight is 458 g/mol. The van der Waals surface area contributed by atoms with Crippen LogP contribution in [0.3, 0.4) is 0 Å². The normalized spacial score (nSPS) is 18.0. The van der Waals surface area contributed by atoms with E-state index >= 15 is 0 Å². The molecule has 2 amide bonds. The van der Waals surface area contributed by atoms with Gasteiger partial charge in [0, 0.05) is 16.2 Å². The molecule has 0 aliphatic heterocycles. The fraction of sp³-hybridized carbons (Fsp3) is 0.520. The lowest BCUT2D eigenvalue weighted by Crippen LogP contribution is -2.44. The van der Waals surface area contributed by atoms with Crippen molar-refractivity contribution in [3.8, 4) is 0 Å². The second kappa shape index (κ2) is 10.1. The zero-order chi connectivity index (χ0) is 23.5. The highest BCUT2D eigenvalue weighted by Crippen LogP contribution is 2.42. The van der Waals surface area contributed by atoms with Crippen LogP contribution in [0.5, 0.6) is 0 Å². The topological polar surface area (TPSA) is 94.2 Å². The molecule has 1 aromatic heterocycles. The van der Waals surface area contributed by atoms with Crippen molar-refractivity contribution in [2.75, 3.05) is 11.6 Å². The molecule has 2 atom stereocenters. The second-order valence-electron chi connectivity index (χ2n) is 9.44. The van der Waals surface area contributed by atoms with Crippen molar-refractivity contribution in [2.24, 2.45) is 5.41 Å². The number of hydrogen-bond acceptors (Lipinski definition) is 4. The third-order valence-electron chi connectivity index (χ3n) is 6.17. The van der Waals surface area contributed by atoms with Crippen molar-refractivity contribution in [3.63, 3.8) is 0 Å². The molecule has 0 saturated heterocycles. The molecule has 3 rings (SSSR count). The highest BCUT2D eigenvalue weighted by molar-refractivity contribution is 7.98. The monoisotopic (exact) mass is 457 g/mol. The lowest BCUT2D eigenvalue weighted by Gasteiger charge is -2.33. The number of thioether (sulfide) groups is 1. The summed E-state index contributed by atoms with van der Waals surface area (Å²) in [6.07, 6.45) is 5.13. The first-order valence-corrected chi connectivity index (χ1v) is 12.5. The standard InChI is InChI=1S/C25H35N3O3S/c1-6-7-10-17(23(30)27-16-11-8-9-12-20(16)32-5)28-24(31)22-15(2)21-18(26-22)13-25(3,4)14-19(21)29/h8-9,11-12,17,19,26,29H,6-7,10,13-14H2,1-5H3,(H,27,30)(H,28,31). The molecule has 174 valence electrons. The van der Waals surface area contributed by atoms with Crippen LogP contribution >= 0.6 is 11.8 Å². The van der Waals surface area contributed by atoms with Crippen molar-refractivity contribution in [3.05, 3.63) is 46.8 Å². The summed E-state index contributed by atoms with van der Waals surface area (Å²) in [5.74, 6) is -0.528. The lowest BCUT2D eigenvalue weighted by molar-refractivity contribution is -0.118. The number of H-pyrrole nitrogens is 1. The minimum absolute atomic E-state index is 0.0360. The van der Waals surface area contributed by atoms with Gasteiger partial charge in [-0.1, -0.05) is 45.7 Å². The number of para-hydroxylation sites is 1. The van der Waals surface area contributed by atoms with Crippen LogP contribution in [0.25, 0.3) is 0 Å². The van der Waals surface area contributed by atoms with Crippen molar-refractivity contribution in [1.29, 1.82) is 0 Å². The predicted molar refractivity (Wildman–Crippen MR) is 130 cm³/mol. The van der Waals surface area contributed by atoms with E-state index < -0.39 is 12.1 Å². The molecule has 0 saturated carbocycles. The number of benzene rings is 1. The fourth-order valence-corrected chi connectivity index (χ4v) is 5.10. The van der Waals surface area contributed by atoms with Crippen LogP contribution in [-0.4, -0.2) is 34.2 Å². The van der Waals surface area contributed by atoms with E-state index in [4.69, 9.17) is 0 Å². The molecule has 2 unspecified atom stereocenters. The Hall–Kier alpha value is -2.25. The molecule has 0 radical (unpaired) electrons. The number of rotatable bonds is 8. The van der Waals surface area contributed by atoms with Gasteiger partial charge in [-0.2, -0.15) is 0 Å². The molecule has 6 nitrogen and oxygen atoms in total. The van der Waals surface area contributed by atoms with Crippen molar-refractivity contribution >= 4 is 29.3 Å². The van der Waals surface area contributed by atoms with Crippen LogP contribution in [0.2, 0.25) is 0 Å². The number of unbranched alkanes of at least 4 members (excludes halogenated alkanes) is 1. The van der Waals surface area contributed by atoms with Crippen LogP contribution in [0.4, 0.5) is 5.69 Å². The maximum atomic E-state index is 13.2. The van der Waals surface area contributed by atoms with Gasteiger partial charge in [-0.25, -0.2) is 0 Å². The van der Waals surface area contributed by atoms with Gasteiger partial charge in [0.2, 0.25) is 5.91 Å². The van der Waals surface area contributed by atoms with Gasteiger partial charge in [0.1, 0.15) is 11.7 Å². The number of nitrogens with one attached hydrogen (secondary N) is 3. The maximum Gasteiger partial charge on any atom is 0.268 e. The number of aliphatic hydroxyl groups excluding tert-OH is 1. The maximum absolute atomic E-state index is 13.2. The molecular weight excluding hydrogens is 422 g/mol. The third kappa shape index (κ3) is 5.38. The van der Waals surface area contributed by atoms with Gasteiger partial charge in [-0.05, 0) is 55.6 Å². The third-order valence-corrected chi connectivity index (χ3v) is 6.97. The minimum atomic E-state index is -0.640. The highest BCUT2D eigenvalue weighted by atomic mass is 32.2. The van der Waals surface area contributed by atoms with Gasteiger partial charge in [0.05, 0.1) is 11.8 Å². The first-order valence-electron chi connectivity index (χ1n) is 11.3.